The van der Waals surface area contributed by atoms with Gasteiger partial charge in [0.05, 0.1) is 23.5 Å². The van der Waals surface area contributed by atoms with E-state index < -0.39 is 10.0 Å². The summed E-state index contributed by atoms with van der Waals surface area (Å²) in [6, 6.07) is 15.4. The average molecular weight is 355 g/mol. The molecule has 2 N–H and O–H groups in total. The molecule has 130 valence electrons. The molecule has 0 amide bonds. The van der Waals surface area contributed by atoms with E-state index in [1.807, 2.05) is 30.3 Å². The lowest BCUT2D eigenvalue weighted by atomic mass is 9.73. The maximum absolute atomic E-state index is 11.5. The first-order chi connectivity index (χ1) is 11.7. The fourth-order valence-corrected chi connectivity index (χ4v) is 4.00. The van der Waals surface area contributed by atoms with Gasteiger partial charge in [-0.15, -0.1) is 0 Å². The van der Waals surface area contributed by atoms with Crippen LogP contribution in [0.15, 0.2) is 42.5 Å². The van der Waals surface area contributed by atoms with Crippen molar-refractivity contribution in [3.63, 3.8) is 0 Å². The minimum absolute atomic E-state index is 0.00156. The molecule has 0 fully saturated rings. The Morgan fingerprint density at radius 1 is 1.24 bits per heavy atom. The zero-order valence-electron chi connectivity index (χ0n) is 14.5. The van der Waals surface area contributed by atoms with Gasteiger partial charge in [0.25, 0.3) is 0 Å². The molecular weight excluding hydrogens is 334 g/mol. The van der Waals surface area contributed by atoms with Crippen LogP contribution >= 0.6 is 0 Å². The van der Waals surface area contributed by atoms with Crippen LogP contribution in [0.2, 0.25) is 0 Å². The molecule has 3 rings (SSSR count). The highest BCUT2D eigenvalue weighted by Gasteiger charge is 2.34. The first-order valence-corrected chi connectivity index (χ1v) is 9.97. The van der Waals surface area contributed by atoms with E-state index in [4.69, 9.17) is 0 Å². The molecule has 25 heavy (non-hydrogen) atoms. The van der Waals surface area contributed by atoms with E-state index in [1.165, 1.54) is 0 Å². The minimum atomic E-state index is -3.32. The lowest BCUT2D eigenvalue weighted by Gasteiger charge is -2.39. The van der Waals surface area contributed by atoms with Gasteiger partial charge in [-0.2, -0.15) is 5.26 Å². The molecule has 1 aliphatic rings. The lowest BCUT2D eigenvalue weighted by Crippen LogP contribution is -2.31. The van der Waals surface area contributed by atoms with Crippen molar-refractivity contribution in [2.24, 2.45) is 0 Å². The van der Waals surface area contributed by atoms with E-state index in [0.717, 1.165) is 29.5 Å². The fraction of sp³-hybridized carbons (Fsp3) is 0.316. The highest BCUT2D eigenvalue weighted by molar-refractivity contribution is 7.92. The largest absolute Gasteiger partial charge is 0.377 e. The second-order valence-electron chi connectivity index (χ2n) is 7.12. The Kier molecular flexibility index (Phi) is 4.21. The second-order valence-corrected chi connectivity index (χ2v) is 8.87. The summed E-state index contributed by atoms with van der Waals surface area (Å²) in [5.74, 6) is 0. The van der Waals surface area contributed by atoms with Crippen LogP contribution in [0, 0.1) is 11.3 Å². The Hall–Kier alpha value is -2.52. The van der Waals surface area contributed by atoms with Crippen LogP contribution in [-0.2, 0) is 15.4 Å². The molecule has 0 saturated heterocycles. The molecule has 0 radical (unpaired) electrons. The van der Waals surface area contributed by atoms with Gasteiger partial charge in [-0.1, -0.05) is 38.1 Å². The summed E-state index contributed by atoms with van der Waals surface area (Å²) in [5.41, 5.74) is 4.05. The SMILES string of the molecule is CC1(C)CC(c2cccc(NS(C)(=O)=O)c2)Nc2c(C#N)cccc21. The molecule has 0 bridgehead atoms. The Morgan fingerprint density at radius 3 is 2.64 bits per heavy atom. The number of hydrogen-bond donors (Lipinski definition) is 2. The second kappa shape index (κ2) is 6.08. The Morgan fingerprint density at radius 2 is 1.96 bits per heavy atom. The predicted octanol–water partition coefficient (Wildman–Crippen LogP) is 3.76. The number of anilines is 2. The van der Waals surface area contributed by atoms with Gasteiger partial charge in [0, 0.05) is 5.69 Å². The zero-order chi connectivity index (χ0) is 18.2. The average Bonchev–Trinajstić information content (AvgIpc) is 2.52. The van der Waals surface area contributed by atoms with Crippen molar-refractivity contribution >= 4 is 21.4 Å². The van der Waals surface area contributed by atoms with Gasteiger partial charge in [-0.25, -0.2) is 8.42 Å². The van der Waals surface area contributed by atoms with Crippen molar-refractivity contribution in [1.82, 2.24) is 0 Å². The molecule has 1 unspecified atom stereocenters. The lowest BCUT2D eigenvalue weighted by molar-refractivity contribution is 0.427. The molecule has 0 saturated carbocycles. The normalized spacial score (nSPS) is 18.6. The van der Waals surface area contributed by atoms with E-state index in [0.29, 0.717) is 11.3 Å². The van der Waals surface area contributed by atoms with Crippen molar-refractivity contribution in [3.05, 3.63) is 59.2 Å². The summed E-state index contributed by atoms with van der Waals surface area (Å²) in [7, 11) is -3.32. The summed E-state index contributed by atoms with van der Waals surface area (Å²) < 4.78 is 25.5. The first kappa shape index (κ1) is 17.3. The van der Waals surface area contributed by atoms with Gasteiger partial charge in [0.1, 0.15) is 6.07 Å². The van der Waals surface area contributed by atoms with Crippen LogP contribution in [0.3, 0.4) is 0 Å². The number of fused-ring (bicyclic) bond motifs is 1. The van der Waals surface area contributed by atoms with Crippen LogP contribution < -0.4 is 10.0 Å². The predicted molar refractivity (Wildman–Crippen MR) is 100 cm³/mol. The monoisotopic (exact) mass is 355 g/mol. The van der Waals surface area contributed by atoms with Crippen molar-refractivity contribution in [2.75, 3.05) is 16.3 Å². The highest BCUT2D eigenvalue weighted by Crippen LogP contribution is 2.45. The highest BCUT2D eigenvalue weighted by atomic mass is 32.2. The summed E-state index contributed by atoms with van der Waals surface area (Å²) >= 11 is 0. The fourth-order valence-electron chi connectivity index (χ4n) is 3.44. The van der Waals surface area contributed by atoms with Crippen molar-refractivity contribution in [2.45, 2.75) is 31.7 Å². The Labute approximate surface area is 148 Å². The molecule has 1 heterocycles. The third kappa shape index (κ3) is 3.62. The summed E-state index contributed by atoms with van der Waals surface area (Å²) in [5, 5.41) is 12.9. The van der Waals surface area contributed by atoms with Crippen LogP contribution in [-0.4, -0.2) is 14.7 Å². The number of benzene rings is 2. The third-order valence-electron chi connectivity index (χ3n) is 4.54. The summed E-state index contributed by atoms with van der Waals surface area (Å²) in [6.45, 7) is 4.33. The van der Waals surface area contributed by atoms with Crippen LogP contribution in [0.5, 0.6) is 0 Å². The number of nitrogens with zero attached hydrogens (tertiary/aromatic N) is 1. The van der Waals surface area contributed by atoms with Gasteiger partial charge in [0.2, 0.25) is 10.0 Å². The van der Waals surface area contributed by atoms with Gasteiger partial charge >= 0.3 is 0 Å². The van der Waals surface area contributed by atoms with Crippen molar-refractivity contribution in [3.8, 4) is 6.07 Å². The zero-order valence-corrected chi connectivity index (χ0v) is 15.3. The van der Waals surface area contributed by atoms with E-state index in [-0.39, 0.29) is 11.5 Å². The van der Waals surface area contributed by atoms with Gasteiger partial charge in [-0.3, -0.25) is 4.72 Å². The molecular formula is C19H21N3O2S. The number of rotatable bonds is 3. The van der Waals surface area contributed by atoms with E-state index >= 15 is 0 Å². The van der Waals surface area contributed by atoms with Gasteiger partial charge in [0.15, 0.2) is 0 Å². The van der Waals surface area contributed by atoms with Crippen molar-refractivity contribution in [1.29, 1.82) is 5.26 Å². The Balaban J connectivity index is 2.00. The van der Waals surface area contributed by atoms with Gasteiger partial charge < -0.3 is 5.32 Å². The summed E-state index contributed by atoms with van der Waals surface area (Å²) in [6.07, 6.45) is 1.98. The number of para-hydroxylation sites is 1. The topological polar surface area (TPSA) is 82.0 Å². The maximum Gasteiger partial charge on any atom is 0.229 e. The molecule has 5 nitrogen and oxygen atoms in total. The molecule has 0 aromatic heterocycles. The minimum Gasteiger partial charge on any atom is -0.377 e. The molecule has 2 aromatic carbocycles. The number of nitrogens with one attached hydrogen (secondary N) is 2. The molecule has 0 spiro atoms. The molecule has 1 aliphatic heterocycles. The van der Waals surface area contributed by atoms with E-state index in [2.05, 4.69) is 36.0 Å². The smallest absolute Gasteiger partial charge is 0.229 e. The maximum atomic E-state index is 11.5. The molecule has 1 atom stereocenters. The number of nitriles is 1. The van der Waals surface area contributed by atoms with E-state index in [1.54, 1.807) is 6.07 Å². The number of hydrogen-bond acceptors (Lipinski definition) is 4. The standard InChI is InChI=1S/C19H21N3O2S/c1-19(2)11-17(21-18-14(12-20)7-5-9-16(18)19)13-6-4-8-15(10-13)22-25(3,23)24/h4-10,17,21-22H,11H2,1-3H3. The molecule has 6 heteroatoms. The summed E-state index contributed by atoms with van der Waals surface area (Å²) in [4.78, 5) is 0. The van der Waals surface area contributed by atoms with Crippen LogP contribution in [0.1, 0.15) is 43.0 Å². The molecule has 0 aliphatic carbocycles. The Bertz CT molecular complexity index is 959. The third-order valence-corrected chi connectivity index (χ3v) is 5.15. The molecule has 2 aromatic rings. The van der Waals surface area contributed by atoms with E-state index in [9.17, 15) is 13.7 Å². The van der Waals surface area contributed by atoms with Gasteiger partial charge in [-0.05, 0) is 41.2 Å². The van der Waals surface area contributed by atoms with Crippen LogP contribution in [0.4, 0.5) is 11.4 Å². The first-order valence-electron chi connectivity index (χ1n) is 8.07. The van der Waals surface area contributed by atoms with Crippen molar-refractivity contribution < 1.29 is 8.42 Å². The number of sulfonamides is 1. The quantitative estimate of drug-likeness (QED) is 0.878. The van der Waals surface area contributed by atoms with Crippen LogP contribution in [0.25, 0.3) is 0 Å².